The lowest BCUT2D eigenvalue weighted by Crippen LogP contribution is -2.40. The van der Waals surface area contributed by atoms with Crippen molar-refractivity contribution in [2.24, 2.45) is 0 Å². The van der Waals surface area contributed by atoms with Gasteiger partial charge in [-0.1, -0.05) is 11.8 Å². The number of nitrogens with zero attached hydrogens (tertiary/aromatic N) is 1. The van der Waals surface area contributed by atoms with Gasteiger partial charge in [0.25, 0.3) is 5.12 Å². The van der Waals surface area contributed by atoms with Gasteiger partial charge in [0.05, 0.1) is 0 Å². The SMILES string of the molecule is [CH2]CN1CCSC(=O)C1=O. The van der Waals surface area contributed by atoms with Crippen molar-refractivity contribution in [1.29, 1.82) is 0 Å². The van der Waals surface area contributed by atoms with E-state index in [1.54, 1.807) is 0 Å². The van der Waals surface area contributed by atoms with Crippen molar-refractivity contribution in [2.75, 3.05) is 18.8 Å². The third kappa shape index (κ3) is 1.31. The predicted octanol–water partition coefficient (Wildman–Crippen LogP) is -0.0775. The van der Waals surface area contributed by atoms with Crippen molar-refractivity contribution in [1.82, 2.24) is 4.90 Å². The van der Waals surface area contributed by atoms with Crippen LogP contribution in [-0.2, 0) is 9.59 Å². The fraction of sp³-hybridized carbons (Fsp3) is 0.500. The topological polar surface area (TPSA) is 37.4 Å². The van der Waals surface area contributed by atoms with Crippen molar-refractivity contribution < 1.29 is 9.59 Å². The molecule has 3 nitrogen and oxygen atoms in total. The lowest BCUT2D eigenvalue weighted by molar-refractivity contribution is -0.140. The molecule has 1 fully saturated rings. The fourth-order valence-electron chi connectivity index (χ4n) is 0.754. The highest BCUT2D eigenvalue weighted by atomic mass is 32.2. The van der Waals surface area contributed by atoms with Crippen LogP contribution < -0.4 is 0 Å². The zero-order valence-corrected chi connectivity index (χ0v) is 6.32. The predicted molar refractivity (Wildman–Crippen MR) is 39.4 cm³/mol. The Hall–Kier alpha value is -0.510. The van der Waals surface area contributed by atoms with Gasteiger partial charge in [0, 0.05) is 18.8 Å². The van der Waals surface area contributed by atoms with Gasteiger partial charge in [-0.15, -0.1) is 0 Å². The van der Waals surface area contributed by atoms with E-state index < -0.39 is 5.91 Å². The van der Waals surface area contributed by atoms with Crippen molar-refractivity contribution in [3.8, 4) is 0 Å². The van der Waals surface area contributed by atoms with Gasteiger partial charge in [-0.05, 0) is 6.92 Å². The molecule has 1 saturated heterocycles. The molecule has 1 radical (unpaired) electrons. The number of rotatable bonds is 1. The second-order valence-corrected chi connectivity index (χ2v) is 3.00. The molecule has 4 heteroatoms. The fourth-order valence-corrected chi connectivity index (χ4v) is 1.50. The molecule has 0 aromatic heterocycles. The third-order valence-corrected chi connectivity index (χ3v) is 2.15. The molecule has 55 valence electrons. The van der Waals surface area contributed by atoms with Gasteiger partial charge in [-0.2, -0.15) is 0 Å². The first-order chi connectivity index (χ1) is 4.75. The Balaban J connectivity index is 2.60. The van der Waals surface area contributed by atoms with E-state index in [1.165, 1.54) is 4.90 Å². The minimum atomic E-state index is -0.397. The number of hydrogen-bond acceptors (Lipinski definition) is 3. The van der Waals surface area contributed by atoms with E-state index in [-0.39, 0.29) is 5.12 Å². The monoisotopic (exact) mass is 158 g/mol. The van der Waals surface area contributed by atoms with Crippen LogP contribution in [0.4, 0.5) is 0 Å². The Morgan fingerprint density at radius 2 is 2.30 bits per heavy atom. The Bertz CT molecular complexity index is 169. The molecule has 1 rings (SSSR count). The second kappa shape index (κ2) is 3.05. The largest absolute Gasteiger partial charge is 0.334 e. The van der Waals surface area contributed by atoms with Crippen molar-refractivity contribution in [2.45, 2.75) is 0 Å². The maximum atomic E-state index is 10.9. The average Bonchev–Trinajstić information content (AvgIpc) is 1.95. The number of thioether (sulfide) groups is 1. The Kier molecular flexibility index (Phi) is 2.32. The van der Waals surface area contributed by atoms with Crippen LogP contribution in [0.2, 0.25) is 0 Å². The number of amides is 1. The molecule has 0 unspecified atom stereocenters. The molecule has 0 N–H and O–H groups in total. The molecule has 0 aromatic rings. The molecule has 0 aromatic carbocycles. The third-order valence-electron chi connectivity index (χ3n) is 1.33. The summed E-state index contributed by atoms with van der Waals surface area (Å²) in [7, 11) is 0. The molecule has 0 aliphatic carbocycles. The molecule has 1 aliphatic heterocycles. The van der Waals surface area contributed by atoms with Crippen LogP contribution >= 0.6 is 11.8 Å². The van der Waals surface area contributed by atoms with E-state index in [9.17, 15) is 9.59 Å². The number of hydrogen-bond donors (Lipinski definition) is 0. The molecule has 1 heterocycles. The van der Waals surface area contributed by atoms with E-state index in [4.69, 9.17) is 0 Å². The number of carbonyl (C=O) groups excluding carboxylic acids is 2. The van der Waals surface area contributed by atoms with E-state index in [0.29, 0.717) is 18.8 Å². The highest BCUT2D eigenvalue weighted by molar-refractivity contribution is 8.15. The van der Waals surface area contributed by atoms with Crippen LogP contribution in [0.3, 0.4) is 0 Å². The standard InChI is InChI=1S/C6H8NO2S/c1-2-7-3-4-10-6(9)5(7)8/h1-4H2. The van der Waals surface area contributed by atoms with E-state index >= 15 is 0 Å². The number of carbonyl (C=O) groups is 2. The summed E-state index contributed by atoms with van der Waals surface area (Å²) in [5.74, 6) is 0.311. The molecular weight excluding hydrogens is 150 g/mol. The summed E-state index contributed by atoms with van der Waals surface area (Å²) in [6.07, 6.45) is 0. The molecule has 0 saturated carbocycles. The first-order valence-corrected chi connectivity index (χ1v) is 3.99. The summed E-state index contributed by atoms with van der Waals surface area (Å²) in [6, 6.07) is 0. The van der Waals surface area contributed by atoms with E-state index in [2.05, 4.69) is 6.92 Å². The summed E-state index contributed by atoms with van der Waals surface area (Å²) in [6.45, 7) is 4.58. The molecule has 0 spiro atoms. The van der Waals surface area contributed by atoms with Gasteiger partial charge in [-0.3, -0.25) is 9.59 Å². The Morgan fingerprint density at radius 1 is 1.60 bits per heavy atom. The van der Waals surface area contributed by atoms with Crippen molar-refractivity contribution in [3.63, 3.8) is 0 Å². The van der Waals surface area contributed by atoms with Crippen LogP contribution in [0.15, 0.2) is 0 Å². The van der Waals surface area contributed by atoms with Crippen LogP contribution in [-0.4, -0.2) is 34.8 Å². The molecule has 0 bridgehead atoms. The Morgan fingerprint density at radius 3 is 2.80 bits per heavy atom. The molecule has 10 heavy (non-hydrogen) atoms. The first-order valence-electron chi connectivity index (χ1n) is 3.01. The van der Waals surface area contributed by atoms with Crippen LogP contribution in [0.1, 0.15) is 0 Å². The van der Waals surface area contributed by atoms with Crippen LogP contribution in [0.25, 0.3) is 0 Å². The molecule has 1 amide bonds. The van der Waals surface area contributed by atoms with Gasteiger partial charge in [0.1, 0.15) is 0 Å². The maximum Gasteiger partial charge on any atom is 0.301 e. The average molecular weight is 158 g/mol. The zero-order chi connectivity index (χ0) is 7.56. The minimum absolute atomic E-state index is 0.352. The van der Waals surface area contributed by atoms with E-state index in [1.807, 2.05) is 0 Å². The lowest BCUT2D eigenvalue weighted by Gasteiger charge is -2.22. The van der Waals surface area contributed by atoms with Gasteiger partial charge in [0.2, 0.25) is 0 Å². The van der Waals surface area contributed by atoms with Gasteiger partial charge < -0.3 is 4.90 Å². The molecule has 1 aliphatic rings. The smallest absolute Gasteiger partial charge is 0.301 e. The zero-order valence-electron chi connectivity index (χ0n) is 5.50. The summed E-state index contributed by atoms with van der Waals surface area (Å²) in [5.41, 5.74) is 0. The normalized spacial score (nSPS) is 19.9. The molecular formula is C6H8NO2S. The highest BCUT2D eigenvalue weighted by Gasteiger charge is 2.25. The maximum absolute atomic E-state index is 10.9. The highest BCUT2D eigenvalue weighted by Crippen LogP contribution is 2.11. The van der Waals surface area contributed by atoms with Gasteiger partial charge >= 0.3 is 5.91 Å². The Labute approximate surface area is 63.8 Å². The molecule has 0 atom stereocenters. The second-order valence-electron chi connectivity index (χ2n) is 1.93. The summed E-state index contributed by atoms with van der Waals surface area (Å²) in [5, 5.41) is -0.352. The summed E-state index contributed by atoms with van der Waals surface area (Å²) < 4.78 is 0. The summed E-state index contributed by atoms with van der Waals surface area (Å²) >= 11 is 1.09. The van der Waals surface area contributed by atoms with E-state index in [0.717, 1.165) is 11.8 Å². The minimum Gasteiger partial charge on any atom is -0.334 e. The first kappa shape index (κ1) is 7.60. The van der Waals surface area contributed by atoms with Crippen LogP contribution in [0, 0.1) is 6.92 Å². The van der Waals surface area contributed by atoms with Crippen molar-refractivity contribution in [3.05, 3.63) is 6.92 Å². The van der Waals surface area contributed by atoms with Crippen molar-refractivity contribution >= 4 is 22.8 Å². The van der Waals surface area contributed by atoms with Crippen LogP contribution in [0.5, 0.6) is 0 Å². The van der Waals surface area contributed by atoms with Gasteiger partial charge in [-0.25, -0.2) is 0 Å². The lowest BCUT2D eigenvalue weighted by atomic mass is 10.5. The quantitative estimate of drug-likeness (QED) is 0.501. The van der Waals surface area contributed by atoms with Gasteiger partial charge in [0.15, 0.2) is 0 Å². The summed E-state index contributed by atoms with van der Waals surface area (Å²) in [4.78, 5) is 23.0.